The monoisotopic (exact) mass is 407 g/mol. The molecule has 0 amide bonds. The molecule has 0 radical (unpaired) electrons. The summed E-state index contributed by atoms with van der Waals surface area (Å²) in [5.74, 6) is -0.0543. The molecule has 1 saturated heterocycles. The zero-order valence-corrected chi connectivity index (χ0v) is 18.2. The molecule has 0 N–H and O–H groups in total. The number of rotatable bonds is 9. The molecule has 1 heterocycles. The van der Waals surface area contributed by atoms with Crippen molar-refractivity contribution >= 4 is 11.5 Å². The minimum atomic E-state index is -0.0586. The summed E-state index contributed by atoms with van der Waals surface area (Å²) in [6.45, 7) is 8.29. The van der Waals surface area contributed by atoms with Crippen LogP contribution in [0.2, 0.25) is 0 Å². The van der Waals surface area contributed by atoms with Gasteiger partial charge >= 0.3 is 5.97 Å². The van der Waals surface area contributed by atoms with Gasteiger partial charge in [-0.2, -0.15) is 0 Å². The van der Waals surface area contributed by atoms with Crippen molar-refractivity contribution in [2.24, 2.45) is 5.92 Å². The molecule has 0 aromatic heterocycles. The number of likely N-dealkylation sites (tertiary alicyclic amines) is 1. The van der Waals surface area contributed by atoms with E-state index in [9.17, 15) is 4.79 Å². The Morgan fingerprint density at radius 1 is 1.13 bits per heavy atom. The van der Waals surface area contributed by atoms with Crippen molar-refractivity contribution in [2.75, 3.05) is 39.5 Å². The van der Waals surface area contributed by atoms with Gasteiger partial charge in [-0.1, -0.05) is 66.2 Å². The lowest BCUT2D eigenvalue weighted by molar-refractivity contribution is -0.150. The summed E-state index contributed by atoms with van der Waals surface area (Å²) in [6, 6.07) is 19.0. The summed E-state index contributed by atoms with van der Waals surface area (Å²) in [5.41, 5.74) is 4.84. The van der Waals surface area contributed by atoms with E-state index in [1.807, 2.05) is 13.0 Å². The van der Waals surface area contributed by atoms with Gasteiger partial charge in [-0.25, -0.2) is 0 Å². The topological polar surface area (TPSA) is 38.8 Å². The van der Waals surface area contributed by atoms with Gasteiger partial charge in [0, 0.05) is 13.1 Å². The number of piperidine rings is 1. The second kappa shape index (κ2) is 11.7. The second-order valence-corrected chi connectivity index (χ2v) is 7.82. The molecular formula is C26H33NO3. The molecule has 1 aliphatic rings. The SMILES string of the molecule is CCOC(=O)[C@@H]1CCCN(CCOCC=C(c2ccccc2)c2cccc(C)c2)C1. The highest BCUT2D eigenvalue weighted by atomic mass is 16.5. The Morgan fingerprint density at radius 2 is 1.93 bits per heavy atom. The molecule has 0 unspecified atom stereocenters. The Labute approximate surface area is 180 Å². The summed E-state index contributed by atoms with van der Waals surface area (Å²) in [5, 5.41) is 0. The van der Waals surface area contributed by atoms with Crippen LogP contribution in [0.3, 0.4) is 0 Å². The Morgan fingerprint density at radius 3 is 2.70 bits per heavy atom. The highest BCUT2D eigenvalue weighted by Crippen LogP contribution is 2.24. The van der Waals surface area contributed by atoms with Crippen molar-refractivity contribution in [3.05, 3.63) is 77.4 Å². The van der Waals surface area contributed by atoms with E-state index in [-0.39, 0.29) is 11.9 Å². The van der Waals surface area contributed by atoms with E-state index >= 15 is 0 Å². The third kappa shape index (κ3) is 6.54. The summed E-state index contributed by atoms with van der Waals surface area (Å²) in [7, 11) is 0. The van der Waals surface area contributed by atoms with Crippen LogP contribution in [0.25, 0.3) is 5.57 Å². The molecule has 3 rings (SSSR count). The van der Waals surface area contributed by atoms with Crippen molar-refractivity contribution in [3.8, 4) is 0 Å². The lowest BCUT2D eigenvalue weighted by Gasteiger charge is -2.31. The third-order valence-corrected chi connectivity index (χ3v) is 5.50. The van der Waals surface area contributed by atoms with Gasteiger partial charge in [0.15, 0.2) is 0 Å². The first-order valence-corrected chi connectivity index (χ1v) is 11.0. The Hall–Kier alpha value is -2.43. The maximum absolute atomic E-state index is 12.0. The fourth-order valence-electron chi connectivity index (χ4n) is 3.96. The molecule has 2 aromatic carbocycles. The first-order chi connectivity index (χ1) is 14.7. The van der Waals surface area contributed by atoms with Gasteiger partial charge in [0.25, 0.3) is 0 Å². The number of esters is 1. The number of aryl methyl sites for hydroxylation is 1. The van der Waals surface area contributed by atoms with E-state index in [1.54, 1.807) is 0 Å². The van der Waals surface area contributed by atoms with Gasteiger partial charge in [0.05, 0.1) is 25.7 Å². The van der Waals surface area contributed by atoms with E-state index in [2.05, 4.69) is 66.4 Å². The van der Waals surface area contributed by atoms with Gasteiger partial charge in [-0.15, -0.1) is 0 Å². The quantitative estimate of drug-likeness (QED) is 0.445. The van der Waals surface area contributed by atoms with Crippen molar-refractivity contribution in [3.63, 3.8) is 0 Å². The number of carbonyl (C=O) groups is 1. The molecule has 0 spiro atoms. The molecule has 0 aliphatic carbocycles. The highest BCUT2D eigenvalue weighted by molar-refractivity contribution is 5.80. The second-order valence-electron chi connectivity index (χ2n) is 7.82. The smallest absolute Gasteiger partial charge is 0.310 e. The molecular weight excluding hydrogens is 374 g/mol. The van der Waals surface area contributed by atoms with Crippen LogP contribution in [-0.2, 0) is 14.3 Å². The summed E-state index contributed by atoms with van der Waals surface area (Å²) < 4.78 is 11.1. The normalized spacial score (nSPS) is 17.7. The predicted molar refractivity (Wildman–Crippen MR) is 121 cm³/mol. The average molecular weight is 408 g/mol. The van der Waals surface area contributed by atoms with Crippen molar-refractivity contribution < 1.29 is 14.3 Å². The Bertz CT molecular complexity index is 831. The lowest BCUT2D eigenvalue weighted by atomic mass is 9.96. The first kappa shape index (κ1) is 22.3. The Kier molecular flexibility index (Phi) is 8.66. The third-order valence-electron chi connectivity index (χ3n) is 5.50. The van der Waals surface area contributed by atoms with E-state index in [0.717, 1.165) is 32.5 Å². The molecule has 1 fully saturated rings. The summed E-state index contributed by atoms with van der Waals surface area (Å²) in [6.07, 6.45) is 4.13. The van der Waals surface area contributed by atoms with E-state index < -0.39 is 0 Å². The van der Waals surface area contributed by atoms with Crippen LogP contribution in [0.15, 0.2) is 60.7 Å². The van der Waals surface area contributed by atoms with Crippen molar-refractivity contribution in [1.82, 2.24) is 4.90 Å². The largest absolute Gasteiger partial charge is 0.466 e. The van der Waals surface area contributed by atoms with Crippen molar-refractivity contribution in [1.29, 1.82) is 0 Å². The van der Waals surface area contributed by atoms with Gasteiger partial charge in [-0.3, -0.25) is 4.79 Å². The fraction of sp³-hybridized carbons (Fsp3) is 0.423. The number of benzene rings is 2. The van der Waals surface area contributed by atoms with Gasteiger partial charge in [0.2, 0.25) is 0 Å². The number of carbonyl (C=O) groups excluding carboxylic acids is 1. The molecule has 4 nitrogen and oxygen atoms in total. The van der Waals surface area contributed by atoms with E-state index in [1.165, 1.54) is 22.3 Å². The predicted octanol–water partition coefficient (Wildman–Crippen LogP) is 4.72. The van der Waals surface area contributed by atoms with E-state index in [0.29, 0.717) is 19.8 Å². The number of hydrogen-bond acceptors (Lipinski definition) is 4. The van der Waals surface area contributed by atoms with Crippen LogP contribution in [0.4, 0.5) is 0 Å². The molecule has 0 saturated carbocycles. The van der Waals surface area contributed by atoms with Crippen LogP contribution in [0.1, 0.15) is 36.5 Å². The zero-order chi connectivity index (χ0) is 21.2. The minimum absolute atomic E-state index is 0.00426. The summed E-state index contributed by atoms with van der Waals surface area (Å²) >= 11 is 0. The highest BCUT2D eigenvalue weighted by Gasteiger charge is 2.26. The van der Waals surface area contributed by atoms with Crippen LogP contribution in [-0.4, -0.2) is 50.3 Å². The van der Waals surface area contributed by atoms with Crippen LogP contribution in [0.5, 0.6) is 0 Å². The standard InChI is InChI=1S/C26H33NO3/c1-3-30-26(28)24-13-8-15-27(20-24)16-18-29-17-14-25(22-10-5-4-6-11-22)23-12-7-9-21(2)19-23/h4-7,9-12,14,19,24H,3,8,13,15-18,20H2,1-2H3/t24-/m1/s1. The fourth-order valence-corrected chi connectivity index (χ4v) is 3.96. The first-order valence-electron chi connectivity index (χ1n) is 11.0. The number of hydrogen-bond donors (Lipinski definition) is 0. The van der Waals surface area contributed by atoms with Gasteiger partial charge in [0.1, 0.15) is 0 Å². The molecule has 160 valence electrons. The Balaban J connectivity index is 1.54. The molecule has 1 atom stereocenters. The maximum atomic E-state index is 12.0. The molecule has 1 aliphatic heterocycles. The van der Waals surface area contributed by atoms with Crippen LogP contribution >= 0.6 is 0 Å². The van der Waals surface area contributed by atoms with Gasteiger partial charge < -0.3 is 14.4 Å². The maximum Gasteiger partial charge on any atom is 0.310 e. The van der Waals surface area contributed by atoms with Gasteiger partial charge in [-0.05, 0) is 49.9 Å². The molecule has 0 bridgehead atoms. The van der Waals surface area contributed by atoms with Crippen molar-refractivity contribution in [2.45, 2.75) is 26.7 Å². The average Bonchev–Trinajstić information content (AvgIpc) is 2.77. The number of ether oxygens (including phenoxy) is 2. The van der Waals surface area contributed by atoms with Crippen LogP contribution in [0, 0.1) is 12.8 Å². The minimum Gasteiger partial charge on any atom is -0.466 e. The van der Waals surface area contributed by atoms with E-state index in [4.69, 9.17) is 9.47 Å². The lowest BCUT2D eigenvalue weighted by Crippen LogP contribution is -2.40. The van der Waals surface area contributed by atoms with Crippen LogP contribution < -0.4 is 0 Å². The molecule has 2 aromatic rings. The molecule has 4 heteroatoms. The summed E-state index contributed by atoms with van der Waals surface area (Å²) in [4.78, 5) is 14.3. The molecule has 30 heavy (non-hydrogen) atoms. The zero-order valence-electron chi connectivity index (χ0n) is 18.2. The number of nitrogens with zero attached hydrogens (tertiary/aromatic N) is 1.